The molecule has 96 valence electrons. The van der Waals surface area contributed by atoms with Gasteiger partial charge in [-0.1, -0.05) is 12.1 Å². The molecule has 0 amide bonds. The number of aryl methyl sites for hydroxylation is 2. The molecule has 0 radical (unpaired) electrons. The Hall–Kier alpha value is -2.36. The van der Waals surface area contributed by atoms with E-state index in [4.69, 9.17) is 0 Å². The van der Waals surface area contributed by atoms with Crippen LogP contribution in [0.15, 0.2) is 36.7 Å². The number of fused-ring (bicyclic) bond motifs is 1. The highest BCUT2D eigenvalue weighted by molar-refractivity contribution is 5.93. The molecule has 0 saturated carbocycles. The third kappa shape index (κ3) is 2.17. The monoisotopic (exact) mass is 252 g/mol. The van der Waals surface area contributed by atoms with Crippen molar-refractivity contribution >= 4 is 16.5 Å². The zero-order valence-corrected chi connectivity index (χ0v) is 11.1. The van der Waals surface area contributed by atoms with E-state index < -0.39 is 0 Å². The predicted octanol–water partition coefficient (Wildman–Crippen LogP) is 3.19. The number of pyridine rings is 1. The van der Waals surface area contributed by atoms with Gasteiger partial charge in [0.25, 0.3) is 0 Å². The minimum atomic E-state index is 0.773. The standard InChI is InChI=1S/C15H16N4/c1-10-14(11(2)19-18-10)9-17-15-5-3-4-12-8-16-7-6-13(12)15/h3-8,17H,9H2,1-2H3,(H,18,19). The lowest BCUT2D eigenvalue weighted by atomic mass is 10.1. The van der Waals surface area contributed by atoms with E-state index in [1.165, 1.54) is 10.9 Å². The van der Waals surface area contributed by atoms with E-state index in [0.717, 1.165) is 29.0 Å². The van der Waals surface area contributed by atoms with E-state index in [2.05, 4.69) is 32.6 Å². The second kappa shape index (κ2) is 4.72. The lowest BCUT2D eigenvalue weighted by Crippen LogP contribution is -2.02. The third-order valence-electron chi connectivity index (χ3n) is 3.42. The van der Waals surface area contributed by atoms with Gasteiger partial charge in [-0.15, -0.1) is 0 Å². The van der Waals surface area contributed by atoms with Gasteiger partial charge in [-0.2, -0.15) is 5.10 Å². The quantitative estimate of drug-likeness (QED) is 0.752. The van der Waals surface area contributed by atoms with Crippen LogP contribution in [0.25, 0.3) is 10.8 Å². The molecule has 4 heteroatoms. The molecule has 0 aliphatic carbocycles. The first-order valence-corrected chi connectivity index (χ1v) is 6.33. The number of rotatable bonds is 3. The smallest absolute Gasteiger partial charge is 0.0643 e. The predicted molar refractivity (Wildman–Crippen MR) is 77.1 cm³/mol. The summed E-state index contributed by atoms with van der Waals surface area (Å²) in [7, 11) is 0. The van der Waals surface area contributed by atoms with Crippen LogP contribution < -0.4 is 5.32 Å². The van der Waals surface area contributed by atoms with Crippen LogP contribution >= 0.6 is 0 Å². The number of aromatic amines is 1. The van der Waals surface area contributed by atoms with Crippen LogP contribution in [-0.2, 0) is 6.54 Å². The number of nitrogens with one attached hydrogen (secondary N) is 2. The highest BCUT2D eigenvalue weighted by Crippen LogP contribution is 2.23. The molecule has 0 spiro atoms. The van der Waals surface area contributed by atoms with Crippen molar-refractivity contribution in [3.63, 3.8) is 0 Å². The Morgan fingerprint density at radius 1 is 1.21 bits per heavy atom. The van der Waals surface area contributed by atoms with Gasteiger partial charge in [0.15, 0.2) is 0 Å². The number of H-pyrrole nitrogens is 1. The summed E-state index contributed by atoms with van der Waals surface area (Å²) in [4.78, 5) is 4.15. The van der Waals surface area contributed by atoms with E-state index in [0.29, 0.717) is 0 Å². The zero-order chi connectivity index (χ0) is 13.2. The average molecular weight is 252 g/mol. The second-order valence-corrected chi connectivity index (χ2v) is 4.67. The molecule has 0 fully saturated rings. The number of hydrogen-bond acceptors (Lipinski definition) is 3. The normalized spacial score (nSPS) is 10.8. The molecule has 0 bridgehead atoms. The van der Waals surface area contributed by atoms with E-state index in [1.807, 2.05) is 38.4 Å². The molecule has 1 aromatic carbocycles. The molecule has 4 nitrogen and oxygen atoms in total. The zero-order valence-electron chi connectivity index (χ0n) is 11.1. The van der Waals surface area contributed by atoms with Gasteiger partial charge >= 0.3 is 0 Å². The van der Waals surface area contributed by atoms with Crippen molar-refractivity contribution < 1.29 is 0 Å². The molecule has 0 unspecified atom stereocenters. The molecule has 0 saturated heterocycles. The van der Waals surface area contributed by atoms with Crippen LogP contribution in [0.3, 0.4) is 0 Å². The average Bonchev–Trinajstić information content (AvgIpc) is 2.76. The Balaban J connectivity index is 1.90. The highest BCUT2D eigenvalue weighted by Gasteiger charge is 2.06. The van der Waals surface area contributed by atoms with Crippen LogP contribution in [0.5, 0.6) is 0 Å². The van der Waals surface area contributed by atoms with Gasteiger partial charge in [-0.3, -0.25) is 10.1 Å². The van der Waals surface area contributed by atoms with Crippen molar-refractivity contribution in [3.8, 4) is 0 Å². The lowest BCUT2D eigenvalue weighted by Gasteiger charge is -2.09. The molecule has 0 aliphatic heterocycles. The molecule has 0 atom stereocenters. The molecule has 3 rings (SSSR count). The van der Waals surface area contributed by atoms with Crippen LogP contribution in [0, 0.1) is 13.8 Å². The first kappa shape index (κ1) is 11.7. The molecule has 3 aromatic rings. The largest absolute Gasteiger partial charge is 0.380 e. The Morgan fingerprint density at radius 2 is 2.11 bits per heavy atom. The Kier molecular flexibility index (Phi) is 2.91. The maximum atomic E-state index is 4.22. The molecule has 2 heterocycles. The number of anilines is 1. The first-order chi connectivity index (χ1) is 9.25. The maximum Gasteiger partial charge on any atom is 0.0643 e. The number of benzene rings is 1. The van der Waals surface area contributed by atoms with E-state index in [9.17, 15) is 0 Å². The highest BCUT2D eigenvalue weighted by atomic mass is 15.1. The topological polar surface area (TPSA) is 53.6 Å². The summed E-state index contributed by atoms with van der Waals surface area (Å²) in [5.74, 6) is 0. The van der Waals surface area contributed by atoms with E-state index in [1.54, 1.807) is 0 Å². The van der Waals surface area contributed by atoms with Crippen molar-refractivity contribution in [2.24, 2.45) is 0 Å². The van der Waals surface area contributed by atoms with Crippen LogP contribution in [0.2, 0.25) is 0 Å². The lowest BCUT2D eigenvalue weighted by molar-refractivity contribution is 1.02. The van der Waals surface area contributed by atoms with Crippen molar-refractivity contribution in [2.75, 3.05) is 5.32 Å². The SMILES string of the molecule is Cc1n[nH]c(C)c1CNc1cccc2cnccc12. The molecule has 0 aliphatic rings. The number of nitrogens with zero attached hydrogens (tertiary/aromatic N) is 2. The molecular formula is C15H16N4. The number of hydrogen-bond donors (Lipinski definition) is 2. The summed E-state index contributed by atoms with van der Waals surface area (Å²) < 4.78 is 0. The van der Waals surface area contributed by atoms with Gasteiger partial charge in [-0.05, 0) is 26.0 Å². The Bertz CT molecular complexity index is 690. The van der Waals surface area contributed by atoms with Crippen molar-refractivity contribution in [1.29, 1.82) is 0 Å². The molecule has 19 heavy (non-hydrogen) atoms. The fourth-order valence-electron chi connectivity index (χ4n) is 2.29. The van der Waals surface area contributed by atoms with Crippen LogP contribution in [0.1, 0.15) is 17.0 Å². The van der Waals surface area contributed by atoms with Crippen molar-refractivity contribution in [2.45, 2.75) is 20.4 Å². The minimum Gasteiger partial charge on any atom is -0.380 e. The van der Waals surface area contributed by atoms with Crippen LogP contribution in [0.4, 0.5) is 5.69 Å². The maximum absolute atomic E-state index is 4.22. The number of aromatic nitrogens is 3. The van der Waals surface area contributed by atoms with Gasteiger partial charge in [0.2, 0.25) is 0 Å². The fraction of sp³-hybridized carbons (Fsp3) is 0.200. The third-order valence-corrected chi connectivity index (χ3v) is 3.42. The Labute approximate surface area is 111 Å². The summed E-state index contributed by atoms with van der Waals surface area (Å²) in [5, 5.41) is 13.0. The summed E-state index contributed by atoms with van der Waals surface area (Å²) >= 11 is 0. The van der Waals surface area contributed by atoms with Gasteiger partial charge < -0.3 is 5.32 Å². The van der Waals surface area contributed by atoms with E-state index in [-0.39, 0.29) is 0 Å². The fourth-order valence-corrected chi connectivity index (χ4v) is 2.29. The van der Waals surface area contributed by atoms with Gasteiger partial charge in [-0.25, -0.2) is 0 Å². The molecule has 2 aromatic heterocycles. The summed E-state index contributed by atoms with van der Waals surface area (Å²) in [6, 6.07) is 8.24. The van der Waals surface area contributed by atoms with Gasteiger partial charge in [0.05, 0.1) is 5.69 Å². The van der Waals surface area contributed by atoms with Crippen molar-refractivity contribution in [1.82, 2.24) is 15.2 Å². The summed E-state index contributed by atoms with van der Waals surface area (Å²) in [5.41, 5.74) is 4.52. The molecular weight excluding hydrogens is 236 g/mol. The second-order valence-electron chi connectivity index (χ2n) is 4.67. The molecule has 2 N–H and O–H groups in total. The van der Waals surface area contributed by atoms with Crippen LogP contribution in [-0.4, -0.2) is 15.2 Å². The summed E-state index contributed by atoms with van der Waals surface area (Å²) in [6.07, 6.45) is 3.71. The summed E-state index contributed by atoms with van der Waals surface area (Å²) in [6.45, 7) is 4.84. The van der Waals surface area contributed by atoms with Gasteiger partial charge in [0.1, 0.15) is 0 Å². The van der Waals surface area contributed by atoms with Gasteiger partial charge in [0, 0.05) is 46.7 Å². The van der Waals surface area contributed by atoms with Crippen molar-refractivity contribution in [3.05, 3.63) is 53.6 Å². The minimum absolute atomic E-state index is 0.773. The van der Waals surface area contributed by atoms with E-state index >= 15 is 0 Å². The first-order valence-electron chi connectivity index (χ1n) is 6.33. The Morgan fingerprint density at radius 3 is 2.89 bits per heavy atom.